The molecule has 1 aromatic heterocycles. The van der Waals surface area contributed by atoms with E-state index >= 15 is 0 Å². The van der Waals surface area contributed by atoms with Crippen molar-refractivity contribution in [1.29, 1.82) is 0 Å². The first-order valence-corrected chi connectivity index (χ1v) is 10.3. The number of amides is 1. The van der Waals surface area contributed by atoms with Crippen molar-refractivity contribution >= 4 is 50.3 Å². The lowest BCUT2D eigenvalue weighted by molar-refractivity contribution is 0.0106. The van der Waals surface area contributed by atoms with Gasteiger partial charge in [0, 0.05) is 25.0 Å². The van der Waals surface area contributed by atoms with Crippen molar-refractivity contribution < 1.29 is 13.9 Å². The number of carbonyl (C=O) groups excluding carboxylic acids is 1. The fourth-order valence-corrected chi connectivity index (χ4v) is 4.15. The highest BCUT2D eigenvalue weighted by atomic mass is 79.9. The fourth-order valence-electron chi connectivity index (χ4n) is 3.67. The summed E-state index contributed by atoms with van der Waals surface area (Å²) in [4.78, 5) is 25.0. The van der Waals surface area contributed by atoms with Crippen LogP contribution in [0.1, 0.15) is 33.6 Å². The molecular weight excluding hydrogens is 451 g/mol. The van der Waals surface area contributed by atoms with E-state index in [2.05, 4.69) is 30.8 Å². The first kappa shape index (κ1) is 19.6. The van der Waals surface area contributed by atoms with Crippen LogP contribution in [0.5, 0.6) is 0 Å². The van der Waals surface area contributed by atoms with E-state index < -0.39 is 11.4 Å². The monoisotopic (exact) mass is 470 g/mol. The largest absolute Gasteiger partial charge is 0.444 e. The number of fused-ring (bicyclic) bond motifs is 1. The topological polar surface area (TPSA) is 58.6 Å². The Labute approximate surface area is 176 Å². The summed E-state index contributed by atoms with van der Waals surface area (Å²) in [7, 11) is 0. The van der Waals surface area contributed by atoms with E-state index in [-0.39, 0.29) is 22.4 Å². The van der Waals surface area contributed by atoms with Crippen LogP contribution in [-0.4, -0.2) is 51.7 Å². The highest BCUT2D eigenvalue weighted by Gasteiger charge is 2.54. The summed E-state index contributed by atoms with van der Waals surface area (Å²) in [5.74, 6) is 0.132. The molecule has 0 unspecified atom stereocenters. The van der Waals surface area contributed by atoms with Crippen molar-refractivity contribution in [3.63, 3.8) is 0 Å². The number of nitrogens with zero attached hydrogens (tertiary/aromatic N) is 4. The van der Waals surface area contributed by atoms with Gasteiger partial charge in [-0.05, 0) is 73.3 Å². The molecule has 1 spiro atoms. The van der Waals surface area contributed by atoms with Crippen LogP contribution in [0, 0.1) is 5.82 Å². The summed E-state index contributed by atoms with van der Waals surface area (Å²) >= 11 is 9.28. The van der Waals surface area contributed by atoms with Crippen molar-refractivity contribution in [1.82, 2.24) is 14.9 Å². The Kier molecular flexibility index (Phi) is 4.69. The van der Waals surface area contributed by atoms with Crippen LogP contribution in [0.2, 0.25) is 5.28 Å². The molecule has 2 aliphatic rings. The van der Waals surface area contributed by atoms with Gasteiger partial charge in [0.15, 0.2) is 5.82 Å². The number of halogens is 3. The number of benzene rings is 1. The molecule has 4 rings (SSSR count). The van der Waals surface area contributed by atoms with Crippen LogP contribution in [0.4, 0.5) is 15.0 Å². The summed E-state index contributed by atoms with van der Waals surface area (Å²) in [5, 5.41) is 0.602. The van der Waals surface area contributed by atoms with Gasteiger partial charge in [-0.3, -0.25) is 4.90 Å². The highest BCUT2D eigenvalue weighted by Crippen LogP contribution is 2.46. The molecule has 1 aliphatic carbocycles. The molecule has 1 saturated carbocycles. The molecule has 0 bridgehead atoms. The SMILES string of the molecule is CC(C)(C)OC(=O)N1CCN(c2nc(Cl)nc3c(F)c(Br)ccc23)CC12CC2. The van der Waals surface area contributed by atoms with E-state index in [1.807, 2.05) is 25.7 Å². The molecule has 0 N–H and O–H groups in total. The van der Waals surface area contributed by atoms with Gasteiger partial charge in [0.05, 0.1) is 10.0 Å². The number of hydrogen-bond donors (Lipinski definition) is 0. The minimum absolute atomic E-state index is 0.00100. The predicted molar refractivity (Wildman–Crippen MR) is 109 cm³/mol. The Bertz CT molecular complexity index is 961. The average molecular weight is 472 g/mol. The van der Waals surface area contributed by atoms with Gasteiger partial charge in [0.25, 0.3) is 0 Å². The Morgan fingerprint density at radius 2 is 2.00 bits per heavy atom. The number of hydrogen-bond acceptors (Lipinski definition) is 5. The number of aromatic nitrogens is 2. The molecule has 1 aliphatic heterocycles. The maximum atomic E-state index is 14.5. The highest BCUT2D eigenvalue weighted by molar-refractivity contribution is 9.10. The molecule has 1 saturated heterocycles. The number of rotatable bonds is 1. The van der Waals surface area contributed by atoms with Gasteiger partial charge in [-0.25, -0.2) is 14.2 Å². The molecule has 150 valence electrons. The summed E-state index contributed by atoms with van der Waals surface area (Å²) < 4.78 is 20.4. The van der Waals surface area contributed by atoms with E-state index in [1.165, 1.54) is 0 Å². The van der Waals surface area contributed by atoms with Crippen LogP contribution in [0.3, 0.4) is 0 Å². The number of anilines is 1. The first-order chi connectivity index (χ1) is 13.1. The third-order valence-electron chi connectivity index (χ3n) is 5.10. The Morgan fingerprint density at radius 3 is 2.64 bits per heavy atom. The molecule has 2 fully saturated rings. The number of carbonyl (C=O) groups is 1. The van der Waals surface area contributed by atoms with Gasteiger partial charge in [0.2, 0.25) is 5.28 Å². The van der Waals surface area contributed by atoms with Gasteiger partial charge >= 0.3 is 6.09 Å². The number of ether oxygens (including phenoxy) is 1. The van der Waals surface area contributed by atoms with Crippen LogP contribution in [0.25, 0.3) is 10.9 Å². The fraction of sp³-hybridized carbons (Fsp3) is 0.526. The molecule has 2 aromatic rings. The lowest BCUT2D eigenvalue weighted by atomic mass is 10.1. The second-order valence-electron chi connectivity index (χ2n) is 8.35. The zero-order chi connectivity index (χ0) is 20.3. The molecule has 2 heterocycles. The van der Waals surface area contributed by atoms with Crippen molar-refractivity contribution in [3.05, 3.63) is 27.7 Å². The van der Waals surface area contributed by atoms with Crippen LogP contribution < -0.4 is 4.90 Å². The Morgan fingerprint density at radius 1 is 1.29 bits per heavy atom. The van der Waals surface area contributed by atoms with Crippen molar-refractivity contribution in [2.45, 2.75) is 44.8 Å². The minimum atomic E-state index is -0.536. The molecule has 9 heteroatoms. The quantitative estimate of drug-likeness (QED) is 0.561. The average Bonchev–Trinajstić information content (AvgIpc) is 3.35. The van der Waals surface area contributed by atoms with Crippen molar-refractivity contribution in [2.75, 3.05) is 24.5 Å². The molecule has 28 heavy (non-hydrogen) atoms. The zero-order valence-electron chi connectivity index (χ0n) is 15.9. The van der Waals surface area contributed by atoms with Gasteiger partial charge in [-0.1, -0.05) is 0 Å². The standard InChI is InChI=1S/C19H21BrClFN4O2/c1-18(2,3)28-17(27)26-9-8-25(10-19(26)6-7-19)15-11-4-5-12(20)13(22)14(11)23-16(21)24-15/h4-5H,6-10H2,1-3H3. The smallest absolute Gasteiger partial charge is 0.410 e. The van der Waals surface area contributed by atoms with Gasteiger partial charge in [-0.15, -0.1) is 0 Å². The van der Waals surface area contributed by atoms with Gasteiger partial charge in [0.1, 0.15) is 16.9 Å². The predicted octanol–water partition coefficient (Wildman–Crippen LogP) is 4.77. The molecular formula is C19H21BrClFN4O2. The Hall–Kier alpha value is -1.67. The molecule has 1 aromatic carbocycles. The first-order valence-electron chi connectivity index (χ1n) is 9.16. The summed E-state index contributed by atoms with van der Waals surface area (Å²) in [6.45, 7) is 7.26. The Balaban J connectivity index is 1.65. The second kappa shape index (κ2) is 6.69. The lowest BCUT2D eigenvalue weighted by Gasteiger charge is -2.43. The van der Waals surface area contributed by atoms with Crippen LogP contribution >= 0.6 is 27.5 Å². The molecule has 0 atom stereocenters. The summed E-state index contributed by atoms with van der Waals surface area (Å²) in [5.41, 5.74) is -0.618. The van der Waals surface area contributed by atoms with Crippen molar-refractivity contribution in [3.8, 4) is 0 Å². The maximum Gasteiger partial charge on any atom is 0.410 e. The molecule has 6 nitrogen and oxygen atoms in total. The van der Waals surface area contributed by atoms with E-state index in [0.29, 0.717) is 35.3 Å². The summed E-state index contributed by atoms with van der Waals surface area (Å²) in [6.07, 6.45) is 1.52. The normalized spacial score (nSPS) is 18.6. The second-order valence-corrected chi connectivity index (χ2v) is 9.54. The van der Waals surface area contributed by atoms with Gasteiger partial charge < -0.3 is 9.64 Å². The zero-order valence-corrected chi connectivity index (χ0v) is 18.3. The third-order valence-corrected chi connectivity index (χ3v) is 5.89. The van der Waals surface area contributed by atoms with Crippen molar-refractivity contribution in [2.24, 2.45) is 0 Å². The minimum Gasteiger partial charge on any atom is -0.444 e. The summed E-state index contributed by atoms with van der Waals surface area (Å²) in [6, 6.07) is 3.43. The van der Waals surface area contributed by atoms with Crippen LogP contribution in [0.15, 0.2) is 16.6 Å². The third kappa shape index (κ3) is 3.52. The number of piperazine rings is 1. The van der Waals surface area contributed by atoms with Gasteiger partial charge in [-0.2, -0.15) is 4.98 Å². The van der Waals surface area contributed by atoms with E-state index in [9.17, 15) is 9.18 Å². The van der Waals surface area contributed by atoms with E-state index in [1.54, 1.807) is 12.1 Å². The van der Waals surface area contributed by atoms with E-state index in [0.717, 1.165) is 12.8 Å². The van der Waals surface area contributed by atoms with Crippen LogP contribution in [-0.2, 0) is 4.74 Å². The molecule has 1 amide bonds. The maximum absolute atomic E-state index is 14.5. The van der Waals surface area contributed by atoms with E-state index in [4.69, 9.17) is 16.3 Å². The lowest BCUT2D eigenvalue weighted by Crippen LogP contribution is -2.58. The molecule has 0 radical (unpaired) electrons.